The van der Waals surface area contributed by atoms with Crippen molar-refractivity contribution < 1.29 is 0 Å². The third kappa shape index (κ3) is 12.3. The van der Waals surface area contributed by atoms with E-state index in [2.05, 4.69) is 166 Å². The second kappa shape index (κ2) is 22.6. The number of nitrogens with zero attached hydrogens (tertiary/aromatic N) is 4. The Morgan fingerprint density at radius 2 is 0.319 bits per heavy atom. The van der Waals surface area contributed by atoms with E-state index in [1.54, 1.807) is 0 Å². The van der Waals surface area contributed by atoms with E-state index in [0.717, 1.165) is 0 Å². The fourth-order valence-electron chi connectivity index (χ4n) is 9.16. The van der Waals surface area contributed by atoms with Gasteiger partial charge in [0, 0.05) is 17.6 Å². The van der Waals surface area contributed by atoms with Gasteiger partial charge < -0.3 is 18.6 Å². The summed E-state index contributed by atoms with van der Waals surface area (Å²) < 4.78 is 20.9. The molecular formula is C36H84B2GeN4P4. The number of hydrogen-bond acceptors (Lipinski definition) is 4. The molecule has 0 aliphatic rings. The van der Waals surface area contributed by atoms with Gasteiger partial charge in [0.1, 0.15) is 0 Å². The maximum absolute atomic E-state index is 5.23. The number of hydrogen-bond donors (Lipinski definition) is 0. The van der Waals surface area contributed by atoms with Crippen LogP contribution in [0.5, 0.6) is 0 Å². The molecule has 0 spiro atoms. The molecule has 0 rings (SSSR count). The first-order chi connectivity index (χ1) is 20.7. The molecule has 0 aromatic carbocycles. The maximum atomic E-state index is 5.23. The van der Waals surface area contributed by atoms with Crippen LogP contribution in [0.3, 0.4) is 0 Å². The average Bonchev–Trinajstić information content (AvgIpc) is 2.86. The molecule has 0 saturated carbocycles. The van der Waals surface area contributed by atoms with Gasteiger partial charge in [-0.25, -0.2) is 0 Å². The van der Waals surface area contributed by atoms with Crippen LogP contribution in [0.2, 0.25) is 0 Å². The quantitative estimate of drug-likeness (QED) is 0.110. The second-order valence-corrected chi connectivity index (χ2v) is 36.7. The third-order valence-electron chi connectivity index (χ3n) is 10.9. The van der Waals surface area contributed by atoms with Gasteiger partial charge in [0.25, 0.3) is 0 Å². The summed E-state index contributed by atoms with van der Waals surface area (Å²) in [5, 5.41) is 0. The minimum absolute atomic E-state index is 0. The van der Waals surface area contributed by atoms with E-state index in [1.807, 2.05) is 15.1 Å². The Balaban J connectivity index is -0.000000807. The van der Waals surface area contributed by atoms with Crippen LogP contribution in [-0.4, -0.2) is 101 Å². The predicted octanol–water partition coefficient (Wildman–Crippen LogP) is 14.4. The van der Waals surface area contributed by atoms with E-state index >= 15 is 0 Å². The first-order valence-electron chi connectivity index (χ1n) is 18.8. The van der Waals surface area contributed by atoms with E-state index in [1.165, 1.54) is 0 Å². The summed E-state index contributed by atoms with van der Waals surface area (Å²) in [6.45, 7) is 56.4. The summed E-state index contributed by atoms with van der Waals surface area (Å²) in [6, 6.07) is 0. The van der Waals surface area contributed by atoms with Crippen molar-refractivity contribution in [2.24, 2.45) is 18.6 Å². The van der Waals surface area contributed by atoms with Crippen molar-refractivity contribution in [2.75, 3.05) is 0 Å². The molecule has 0 aromatic rings. The van der Waals surface area contributed by atoms with Gasteiger partial charge in [-0.2, -0.15) is 0 Å². The molecule has 6 radical (unpaired) electrons. The van der Waals surface area contributed by atoms with Crippen LogP contribution in [0, 0.1) is 0 Å². The van der Waals surface area contributed by atoms with Crippen molar-refractivity contribution in [1.29, 1.82) is 0 Å². The van der Waals surface area contributed by atoms with Crippen molar-refractivity contribution in [3.63, 3.8) is 0 Å². The Morgan fingerprint density at radius 1 is 0.234 bits per heavy atom. The van der Waals surface area contributed by atoms with Gasteiger partial charge in [-0.15, -0.1) is 0 Å². The summed E-state index contributed by atoms with van der Waals surface area (Å²) in [5.74, 6) is 0. The summed E-state index contributed by atoms with van der Waals surface area (Å²) >= 11 is 0. The van der Waals surface area contributed by atoms with E-state index in [9.17, 15) is 0 Å². The third-order valence-corrected chi connectivity index (χ3v) is 32.8. The molecule has 0 amide bonds. The summed E-state index contributed by atoms with van der Waals surface area (Å²) in [5.41, 5.74) is 7.49. The van der Waals surface area contributed by atoms with Gasteiger partial charge in [-0.05, 0) is 96.1 Å². The van der Waals surface area contributed by atoms with E-state index in [-0.39, 0.29) is 17.6 Å². The zero-order valence-corrected chi connectivity index (χ0v) is 41.8. The molecule has 47 heavy (non-hydrogen) atoms. The SMILES string of the molecule is CC(C)P(=N[B]N=P(C(C)C)(C(C)C)C(C)C)(C(C)C)C(C)C.CC(C)P(=N[B]N=P(C(C)C)(C(C)C)C(C)C)(C(C)C)C(C)C.[Ge]. The zero-order valence-electron chi connectivity index (χ0n) is 36.2. The fourth-order valence-corrected chi connectivity index (χ4v) is 27.8. The molecule has 0 aromatic heterocycles. The smallest absolute Gasteiger partial charge is 0.332 e. The van der Waals surface area contributed by atoms with Crippen LogP contribution in [0.4, 0.5) is 0 Å². The van der Waals surface area contributed by atoms with Gasteiger partial charge in [0.05, 0.1) is 0 Å². The summed E-state index contributed by atoms with van der Waals surface area (Å²) in [4.78, 5) is 0. The molecule has 0 bridgehead atoms. The van der Waals surface area contributed by atoms with Crippen LogP contribution >= 0.6 is 28.2 Å². The minimum Gasteiger partial charge on any atom is -0.332 e. The molecule has 0 aliphatic heterocycles. The predicted molar refractivity (Wildman–Crippen MR) is 236 cm³/mol. The molecule has 0 atom stereocenters. The summed E-state index contributed by atoms with van der Waals surface area (Å²) in [7, 11) is -1.55. The molecule has 0 fully saturated rings. The normalized spacial score (nSPS) is 13.5. The van der Waals surface area contributed by atoms with Crippen molar-refractivity contribution >= 4 is 60.9 Å². The van der Waals surface area contributed by atoms with Gasteiger partial charge >= 0.3 is 15.1 Å². The summed E-state index contributed by atoms with van der Waals surface area (Å²) in [6.07, 6.45) is 0. The second-order valence-electron chi connectivity index (χ2n) is 17.0. The Bertz CT molecular complexity index is 822. The monoisotopic (exact) mass is 793 g/mol. The standard InChI is InChI=1S/2C18H42BN2P2.Ge/c2*1-13(2)22(14(3)4,15(5)6)20-19-21-23(16(7)8,17(9)10)18(11)12;/h2*13-18H,1-12H3;. The van der Waals surface area contributed by atoms with Crippen LogP contribution in [0.25, 0.3) is 0 Å². The van der Waals surface area contributed by atoms with Crippen LogP contribution in [0.15, 0.2) is 18.6 Å². The number of rotatable bonds is 16. The van der Waals surface area contributed by atoms with E-state index in [0.29, 0.717) is 67.9 Å². The molecule has 0 aliphatic carbocycles. The van der Waals surface area contributed by atoms with Crippen LogP contribution in [-0.2, 0) is 0 Å². The van der Waals surface area contributed by atoms with Crippen molar-refractivity contribution in [3.05, 3.63) is 0 Å². The molecule has 11 heteroatoms. The van der Waals surface area contributed by atoms with Crippen LogP contribution < -0.4 is 0 Å². The molecule has 0 saturated heterocycles. The topological polar surface area (TPSA) is 49.4 Å². The van der Waals surface area contributed by atoms with Crippen LogP contribution in [0.1, 0.15) is 166 Å². The van der Waals surface area contributed by atoms with E-state index in [4.69, 9.17) is 18.6 Å². The Morgan fingerprint density at radius 3 is 0.383 bits per heavy atom. The molecule has 4 nitrogen and oxygen atoms in total. The Labute approximate surface area is 312 Å². The largest absolute Gasteiger partial charge is 0.428 e. The molecule has 0 unspecified atom stereocenters. The molecule has 278 valence electrons. The molecular weight excluding hydrogens is 707 g/mol. The molecule has 0 heterocycles. The molecule has 0 N–H and O–H groups in total. The zero-order chi connectivity index (χ0) is 37.2. The van der Waals surface area contributed by atoms with E-state index < -0.39 is 28.2 Å². The first-order valence-corrected chi connectivity index (χ1v) is 26.6. The Kier molecular flexibility index (Phi) is 25.5. The van der Waals surface area contributed by atoms with Gasteiger partial charge in [-0.3, -0.25) is 0 Å². The fraction of sp³-hybridized carbons (Fsp3) is 1.00. The van der Waals surface area contributed by atoms with Gasteiger partial charge in [0.2, 0.25) is 0 Å². The van der Waals surface area contributed by atoms with Crippen molar-refractivity contribution in [1.82, 2.24) is 0 Å². The average molecular weight is 791 g/mol. The maximum Gasteiger partial charge on any atom is 0.428 e. The van der Waals surface area contributed by atoms with Gasteiger partial charge in [0.15, 0.2) is 0 Å². The Hall–Kier alpha value is 1.59. The van der Waals surface area contributed by atoms with Crippen molar-refractivity contribution in [3.8, 4) is 0 Å². The van der Waals surface area contributed by atoms with Gasteiger partial charge in [-0.1, -0.05) is 166 Å². The minimum atomic E-state index is -1.40. The van der Waals surface area contributed by atoms with Crippen molar-refractivity contribution in [2.45, 2.75) is 234 Å². The first kappa shape index (κ1) is 52.9.